The molecule has 56 valence electrons. The molecule has 0 aromatic heterocycles. The highest BCUT2D eigenvalue weighted by Gasteiger charge is 2.02. The summed E-state index contributed by atoms with van der Waals surface area (Å²) in [5.74, 6) is 0. The molecular weight excluding hydrogens is 128 g/mol. The zero-order valence-corrected chi connectivity index (χ0v) is 6.13. The molecule has 0 rings (SSSR count). The van der Waals surface area contributed by atoms with Crippen LogP contribution in [0.25, 0.3) is 0 Å². The van der Waals surface area contributed by atoms with E-state index in [1.807, 2.05) is 6.92 Å². The smallest absolute Gasteiger partial charge is 0.326 e. The number of rotatable bonds is 3. The first-order valence-corrected chi connectivity index (χ1v) is 3.25. The second kappa shape index (κ2) is 4.68. The van der Waals surface area contributed by atoms with Crippen LogP contribution >= 0.6 is 0 Å². The third-order valence-corrected chi connectivity index (χ3v) is 1.16. The summed E-state index contributed by atoms with van der Waals surface area (Å²) in [5.41, 5.74) is 4.93. The summed E-state index contributed by atoms with van der Waals surface area (Å²) < 4.78 is 0. The Bertz CT molecular complexity index is 148. The summed E-state index contributed by atoms with van der Waals surface area (Å²) >= 11 is 0. The molecule has 0 bridgehead atoms. The van der Waals surface area contributed by atoms with Crippen LogP contribution in [-0.2, 0) is 0 Å². The van der Waals surface area contributed by atoms with Crippen LogP contribution in [-0.4, -0.2) is 17.5 Å². The summed E-state index contributed by atoms with van der Waals surface area (Å²) in [6.45, 7) is 2.58. The minimum atomic E-state index is -0.545. The number of unbranched alkanes of at least 4 members (excludes halogenated alkanes) is 1. The van der Waals surface area contributed by atoms with Crippen molar-refractivity contribution in [3.8, 4) is 12.5 Å². The number of amides is 2. The van der Waals surface area contributed by atoms with E-state index in [0.717, 1.165) is 12.8 Å². The molecule has 0 heterocycles. The first kappa shape index (κ1) is 8.83. The minimum absolute atomic E-state index is 0.545. The van der Waals surface area contributed by atoms with Gasteiger partial charge in [0.2, 0.25) is 0 Å². The Hall–Kier alpha value is -1.17. The summed E-state index contributed by atoms with van der Waals surface area (Å²) in [6, 6.07) is 1.65. The molecule has 2 N–H and O–H groups in total. The number of terminal acetylenes is 1. The molecule has 0 aromatic carbocycles. The van der Waals surface area contributed by atoms with Crippen LogP contribution in [0.5, 0.6) is 0 Å². The van der Waals surface area contributed by atoms with E-state index in [0.29, 0.717) is 6.54 Å². The number of nitrogens with zero attached hydrogens (tertiary/aromatic N) is 1. The number of carbonyl (C=O) groups is 1. The van der Waals surface area contributed by atoms with Crippen LogP contribution in [0.3, 0.4) is 0 Å². The molecular formula is C7H12N2O. The standard InChI is InChI=1S/C7H12N2O/c1-3-5-6-9(4-2)7(8)10/h2H,3,5-6H2,1H3,(H2,8,10). The molecule has 0 aliphatic heterocycles. The fraction of sp³-hybridized carbons (Fsp3) is 0.571. The summed E-state index contributed by atoms with van der Waals surface area (Å²) in [6.07, 6.45) is 6.89. The average Bonchev–Trinajstić information content (AvgIpc) is 1.89. The predicted molar refractivity (Wildman–Crippen MR) is 40.0 cm³/mol. The first-order chi connectivity index (χ1) is 4.72. The Labute approximate surface area is 61.2 Å². The van der Waals surface area contributed by atoms with Gasteiger partial charge >= 0.3 is 6.03 Å². The molecule has 10 heavy (non-hydrogen) atoms. The Morgan fingerprint density at radius 2 is 2.40 bits per heavy atom. The Kier molecular flexibility index (Phi) is 4.14. The molecule has 0 unspecified atom stereocenters. The van der Waals surface area contributed by atoms with Crippen molar-refractivity contribution in [3.63, 3.8) is 0 Å². The lowest BCUT2D eigenvalue weighted by atomic mass is 10.3. The fourth-order valence-corrected chi connectivity index (χ4v) is 0.555. The van der Waals surface area contributed by atoms with Gasteiger partial charge in [-0.3, -0.25) is 4.90 Å². The molecule has 0 aliphatic rings. The van der Waals surface area contributed by atoms with Gasteiger partial charge in [-0.05, 0) is 6.42 Å². The summed E-state index contributed by atoms with van der Waals surface area (Å²) in [5, 5.41) is 0. The normalized spacial score (nSPS) is 8.40. The van der Waals surface area contributed by atoms with Crippen LogP contribution in [0.2, 0.25) is 0 Å². The Balaban J connectivity index is 3.64. The number of carbonyl (C=O) groups excluding carboxylic acids is 1. The SMILES string of the molecule is C#CN(CCCC)C(N)=O. The van der Waals surface area contributed by atoms with Crippen molar-refractivity contribution in [2.24, 2.45) is 5.73 Å². The predicted octanol–water partition coefficient (Wildman–Crippen LogP) is 0.758. The number of nitrogens with two attached hydrogens (primary N) is 1. The monoisotopic (exact) mass is 140 g/mol. The highest BCUT2D eigenvalue weighted by atomic mass is 16.2. The number of hydrogen-bond donors (Lipinski definition) is 1. The molecule has 3 nitrogen and oxygen atoms in total. The lowest BCUT2D eigenvalue weighted by Gasteiger charge is -2.10. The minimum Gasteiger partial charge on any atom is -0.351 e. The third kappa shape index (κ3) is 2.98. The molecule has 0 spiro atoms. The summed E-state index contributed by atoms with van der Waals surface area (Å²) in [7, 11) is 0. The second-order valence-corrected chi connectivity index (χ2v) is 1.97. The fourth-order valence-electron chi connectivity index (χ4n) is 0.555. The van der Waals surface area contributed by atoms with Crippen molar-refractivity contribution in [2.45, 2.75) is 19.8 Å². The van der Waals surface area contributed by atoms with Crippen molar-refractivity contribution < 1.29 is 4.79 Å². The van der Waals surface area contributed by atoms with Gasteiger partial charge in [0.05, 0.1) is 0 Å². The zero-order valence-electron chi connectivity index (χ0n) is 6.13. The van der Waals surface area contributed by atoms with Crippen molar-refractivity contribution in [1.29, 1.82) is 0 Å². The van der Waals surface area contributed by atoms with Crippen molar-refractivity contribution in [2.75, 3.05) is 6.54 Å². The molecule has 0 saturated heterocycles. The molecule has 0 fully saturated rings. The molecule has 0 saturated carbocycles. The zero-order chi connectivity index (χ0) is 7.98. The van der Waals surface area contributed by atoms with Gasteiger partial charge < -0.3 is 5.73 Å². The van der Waals surface area contributed by atoms with E-state index in [2.05, 4.69) is 6.04 Å². The van der Waals surface area contributed by atoms with Crippen LogP contribution in [0.15, 0.2) is 0 Å². The Morgan fingerprint density at radius 3 is 2.70 bits per heavy atom. The molecule has 0 aliphatic carbocycles. The van der Waals surface area contributed by atoms with Crippen molar-refractivity contribution >= 4 is 6.03 Å². The van der Waals surface area contributed by atoms with E-state index in [1.165, 1.54) is 4.90 Å². The molecule has 0 aromatic rings. The van der Waals surface area contributed by atoms with Crippen molar-refractivity contribution in [3.05, 3.63) is 0 Å². The van der Waals surface area contributed by atoms with Gasteiger partial charge in [-0.2, -0.15) is 0 Å². The lowest BCUT2D eigenvalue weighted by Crippen LogP contribution is -2.32. The number of hydrogen-bond acceptors (Lipinski definition) is 1. The van der Waals surface area contributed by atoms with Crippen molar-refractivity contribution in [1.82, 2.24) is 4.90 Å². The van der Waals surface area contributed by atoms with Crippen LogP contribution < -0.4 is 5.73 Å². The van der Waals surface area contributed by atoms with E-state index >= 15 is 0 Å². The molecule has 2 amide bonds. The second-order valence-electron chi connectivity index (χ2n) is 1.97. The third-order valence-electron chi connectivity index (χ3n) is 1.16. The first-order valence-electron chi connectivity index (χ1n) is 3.25. The maximum Gasteiger partial charge on any atom is 0.326 e. The largest absolute Gasteiger partial charge is 0.351 e. The van der Waals surface area contributed by atoms with E-state index in [-0.39, 0.29) is 0 Å². The van der Waals surface area contributed by atoms with Gasteiger partial charge in [0, 0.05) is 12.6 Å². The highest BCUT2D eigenvalue weighted by Crippen LogP contribution is 1.91. The molecule has 0 atom stereocenters. The van der Waals surface area contributed by atoms with Gasteiger partial charge in [-0.25, -0.2) is 4.79 Å². The average molecular weight is 140 g/mol. The van der Waals surface area contributed by atoms with E-state index in [1.54, 1.807) is 0 Å². The molecule has 3 heteroatoms. The van der Waals surface area contributed by atoms with E-state index in [4.69, 9.17) is 12.2 Å². The van der Waals surface area contributed by atoms with Gasteiger partial charge in [0.15, 0.2) is 0 Å². The summed E-state index contributed by atoms with van der Waals surface area (Å²) in [4.78, 5) is 11.6. The van der Waals surface area contributed by atoms with Crippen LogP contribution in [0.4, 0.5) is 4.79 Å². The maximum absolute atomic E-state index is 10.4. The Morgan fingerprint density at radius 1 is 1.80 bits per heavy atom. The lowest BCUT2D eigenvalue weighted by molar-refractivity contribution is 0.227. The number of primary amides is 1. The number of urea groups is 1. The van der Waals surface area contributed by atoms with Gasteiger partial charge in [-0.1, -0.05) is 19.8 Å². The van der Waals surface area contributed by atoms with Gasteiger partial charge in [0.25, 0.3) is 0 Å². The quantitative estimate of drug-likeness (QED) is 0.456. The van der Waals surface area contributed by atoms with Gasteiger partial charge in [0.1, 0.15) is 0 Å². The maximum atomic E-state index is 10.4. The topological polar surface area (TPSA) is 46.3 Å². The van der Waals surface area contributed by atoms with Crippen LogP contribution in [0, 0.1) is 12.5 Å². The van der Waals surface area contributed by atoms with E-state index in [9.17, 15) is 4.79 Å². The van der Waals surface area contributed by atoms with Gasteiger partial charge in [-0.15, -0.1) is 0 Å². The van der Waals surface area contributed by atoms with Crippen LogP contribution in [0.1, 0.15) is 19.8 Å². The van der Waals surface area contributed by atoms with E-state index < -0.39 is 6.03 Å². The highest BCUT2D eigenvalue weighted by molar-refractivity contribution is 5.73. The molecule has 0 radical (unpaired) electrons.